The van der Waals surface area contributed by atoms with Crippen LogP contribution in [0.2, 0.25) is 0 Å². The molecule has 0 saturated carbocycles. The summed E-state index contributed by atoms with van der Waals surface area (Å²) in [7, 11) is 0. The van der Waals surface area contributed by atoms with Crippen molar-refractivity contribution in [3.63, 3.8) is 0 Å². The minimum atomic E-state index is -0.604. The van der Waals surface area contributed by atoms with Gasteiger partial charge in [0.05, 0.1) is 6.54 Å². The van der Waals surface area contributed by atoms with Crippen molar-refractivity contribution in [2.75, 3.05) is 13.2 Å². The SMILES string of the molecule is CCC=CCC=CCC=CCC=CCC=CCCC(CC)C(=O)NCCOC(=O)c1ccccc1O. The second kappa shape index (κ2) is 21.0. The van der Waals surface area contributed by atoms with Gasteiger partial charge in [-0.25, -0.2) is 4.79 Å². The van der Waals surface area contributed by atoms with Gasteiger partial charge in [0, 0.05) is 5.92 Å². The van der Waals surface area contributed by atoms with Crippen molar-refractivity contribution < 1.29 is 19.4 Å². The number of esters is 1. The highest BCUT2D eigenvalue weighted by molar-refractivity contribution is 5.92. The molecule has 0 aliphatic rings. The molecule has 0 aliphatic carbocycles. The zero-order valence-corrected chi connectivity index (χ0v) is 21.9. The van der Waals surface area contributed by atoms with Crippen LogP contribution >= 0.6 is 0 Å². The number of hydrogen-bond donors (Lipinski definition) is 2. The summed E-state index contributed by atoms with van der Waals surface area (Å²) in [4.78, 5) is 24.4. The van der Waals surface area contributed by atoms with Crippen LogP contribution in [0.25, 0.3) is 0 Å². The first-order valence-electron chi connectivity index (χ1n) is 13.1. The van der Waals surface area contributed by atoms with Gasteiger partial charge in [0.15, 0.2) is 0 Å². The Hall–Kier alpha value is -3.34. The Balaban J connectivity index is 2.13. The van der Waals surface area contributed by atoms with Gasteiger partial charge < -0.3 is 15.2 Å². The summed E-state index contributed by atoms with van der Waals surface area (Å²) in [5, 5.41) is 12.5. The molecule has 1 aromatic carbocycles. The maximum absolute atomic E-state index is 12.4. The highest BCUT2D eigenvalue weighted by atomic mass is 16.5. The van der Waals surface area contributed by atoms with Crippen molar-refractivity contribution >= 4 is 11.9 Å². The van der Waals surface area contributed by atoms with Gasteiger partial charge in [-0.3, -0.25) is 4.79 Å². The van der Waals surface area contributed by atoms with Gasteiger partial charge in [-0.15, -0.1) is 0 Å². The summed E-state index contributed by atoms with van der Waals surface area (Å²) in [5.41, 5.74) is 0.118. The summed E-state index contributed by atoms with van der Waals surface area (Å²) in [6.45, 7) is 4.45. The largest absolute Gasteiger partial charge is 0.507 e. The predicted molar refractivity (Wildman–Crippen MR) is 149 cm³/mol. The first-order valence-corrected chi connectivity index (χ1v) is 13.1. The molecule has 1 unspecified atom stereocenters. The number of phenols is 1. The number of rotatable bonds is 18. The van der Waals surface area contributed by atoms with Crippen LogP contribution in [0.1, 0.15) is 75.6 Å². The fourth-order valence-corrected chi connectivity index (χ4v) is 3.37. The van der Waals surface area contributed by atoms with E-state index in [4.69, 9.17) is 4.74 Å². The van der Waals surface area contributed by atoms with Crippen molar-refractivity contribution in [3.8, 4) is 5.75 Å². The molecule has 1 atom stereocenters. The highest BCUT2D eigenvalue weighted by Crippen LogP contribution is 2.16. The van der Waals surface area contributed by atoms with Crippen LogP contribution in [0.5, 0.6) is 5.75 Å². The van der Waals surface area contributed by atoms with E-state index < -0.39 is 5.97 Å². The lowest BCUT2D eigenvalue weighted by molar-refractivity contribution is -0.125. The quantitative estimate of drug-likeness (QED) is 0.129. The van der Waals surface area contributed by atoms with Gasteiger partial charge >= 0.3 is 5.97 Å². The molecule has 1 aromatic rings. The summed E-state index contributed by atoms with van der Waals surface area (Å²) in [6.07, 6.45) is 29.0. The Bertz CT molecular complexity index is 896. The van der Waals surface area contributed by atoms with E-state index in [0.29, 0.717) is 0 Å². The molecule has 1 amide bonds. The van der Waals surface area contributed by atoms with E-state index in [1.54, 1.807) is 12.1 Å². The maximum atomic E-state index is 12.4. The molecule has 0 bridgehead atoms. The van der Waals surface area contributed by atoms with Crippen LogP contribution in [0.4, 0.5) is 0 Å². The van der Waals surface area contributed by atoms with Crippen molar-refractivity contribution in [2.24, 2.45) is 5.92 Å². The van der Waals surface area contributed by atoms with Gasteiger partial charge in [-0.2, -0.15) is 0 Å². The van der Waals surface area contributed by atoms with Crippen molar-refractivity contribution in [2.45, 2.75) is 65.2 Å². The van der Waals surface area contributed by atoms with Gasteiger partial charge in [-0.05, 0) is 63.5 Å². The van der Waals surface area contributed by atoms with E-state index in [1.165, 1.54) is 12.1 Å². The summed E-state index contributed by atoms with van der Waals surface area (Å²) >= 11 is 0. The van der Waals surface area contributed by atoms with Gasteiger partial charge in [0.1, 0.15) is 17.9 Å². The van der Waals surface area contributed by atoms with Crippen LogP contribution in [-0.2, 0) is 9.53 Å². The molecule has 0 spiro atoms. The third kappa shape index (κ3) is 14.8. The summed E-state index contributed by atoms with van der Waals surface area (Å²) in [6, 6.07) is 6.22. The Morgan fingerprint density at radius 2 is 1.42 bits per heavy atom. The zero-order valence-electron chi connectivity index (χ0n) is 21.9. The number of hydrogen-bond acceptors (Lipinski definition) is 4. The molecule has 0 aromatic heterocycles. The number of allylic oxidation sites excluding steroid dienone is 10. The van der Waals surface area contributed by atoms with E-state index in [2.05, 4.69) is 73.0 Å². The van der Waals surface area contributed by atoms with Crippen LogP contribution in [-0.4, -0.2) is 30.1 Å². The second-order valence-electron chi connectivity index (χ2n) is 8.33. The van der Waals surface area contributed by atoms with E-state index in [0.717, 1.165) is 51.4 Å². The Kier molecular flexibility index (Phi) is 17.9. The average Bonchev–Trinajstić information content (AvgIpc) is 2.88. The van der Waals surface area contributed by atoms with Gasteiger partial charge in [0.25, 0.3) is 0 Å². The molecule has 2 N–H and O–H groups in total. The summed E-state index contributed by atoms with van der Waals surface area (Å²) < 4.78 is 5.13. The third-order valence-electron chi connectivity index (χ3n) is 5.46. The first-order chi connectivity index (χ1) is 17.6. The molecule has 0 radical (unpaired) electrons. The van der Waals surface area contributed by atoms with Crippen LogP contribution < -0.4 is 5.32 Å². The fraction of sp³-hybridized carbons (Fsp3) is 0.419. The number of benzene rings is 1. The standard InChI is InChI=1S/C31H43NO4/c1-3-5-6-7-8-9-10-11-12-13-14-15-16-17-18-19-22-27(4-2)30(34)32-25-26-36-31(35)28-23-20-21-24-29(28)33/h5-6,8-9,11-12,14-15,17-18,20-21,23-24,27,33H,3-4,7,10,13,16,19,22,25-26H2,1-2H3,(H,32,34). The smallest absolute Gasteiger partial charge is 0.341 e. The molecule has 196 valence electrons. The molecule has 36 heavy (non-hydrogen) atoms. The fourth-order valence-electron chi connectivity index (χ4n) is 3.37. The number of para-hydroxylation sites is 1. The van der Waals surface area contributed by atoms with Crippen molar-refractivity contribution in [3.05, 3.63) is 90.6 Å². The molecule has 5 heteroatoms. The molecular formula is C31H43NO4. The Morgan fingerprint density at radius 3 is 1.97 bits per heavy atom. The lowest BCUT2D eigenvalue weighted by atomic mass is 9.99. The predicted octanol–water partition coefficient (Wildman–Crippen LogP) is 7.22. The Morgan fingerprint density at radius 1 is 0.861 bits per heavy atom. The van der Waals surface area contributed by atoms with Crippen LogP contribution in [0.15, 0.2) is 85.0 Å². The lowest BCUT2D eigenvalue weighted by Gasteiger charge is -2.14. The van der Waals surface area contributed by atoms with E-state index in [9.17, 15) is 14.7 Å². The summed E-state index contributed by atoms with van der Waals surface area (Å²) in [5.74, 6) is -0.815. The van der Waals surface area contributed by atoms with E-state index in [1.807, 2.05) is 6.92 Å². The number of amides is 1. The molecule has 1 rings (SSSR count). The number of nitrogens with one attached hydrogen (secondary N) is 1. The normalized spacial score (nSPS) is 12.9. The number of phenolic OH excluding ortho intramolecular Hbond substituents is 1. The van der Waals surface area contributed by atoms with Crippen molar-refractivity contribution in [1.29, 1.82) is 0 Å². The molecular weight excluding hydrogens is 450 g/mol. The Labute approximate surface area is 217 Å². The number of aromatic hydroxyl groups is 1. The minimum Gasteiger partial charge on any atom is -0.507 e. The molecule has 0 saturated heterocycles. The zero-order chi connectivity index (χ0) is 26.3. The van der Waals surface area contributed by atoms with Crippen LogP contribution in [0.3, 0.4) is 0 Å². The highest BCUT2D eigenvalue weighted by Gasteiger charge is 2.16. The lowest BCUT2D eigenvalue weighted by Crippen LogP contribution is -2.33. The maximum Gasteiger partial charge on any atom is 0.341 e. The number of ether oxygens (including phenoxy) is 1. The number of carbonyl (C=O) groups excluding carboxylic acids is 2. The molecule has 0 heterocycles. The first kappa shape index (κ1) is 30.7. The minimum absolute atomic E-state index is 0.0246. The third-order valence-corrected chi connectivity index (χ3v) is 5.46. The average molecular weight is 494 g/mol. The molecule has 0 fully saturated rings. The molecule has 0 aliphatic heterocycles. The van der Waals surface area contributed by atoms with E-state index in [-0.39, 0.29) is 36.3 Å². The number of carbonyl (C=O) groups is 2. The van der Waals surface area contributed by atoms with Gasteiger partial charge in [-0.1, -0.05) is 86.7 Å². The molecule has 5 nitrogen and oxygen atoms in total. The topological polar surface area (TPSA) is 75.6 Å². The van der Waals surface area contributed by atoms with Crippen molar-refractivity contribution in [1.82, 2.24) is 5.32 Å². The van der Waals surface area contributed by atoms with Crippen LogP contribution in [0, 0.1) is 5.92 Å². The van der Waals surface area contributed by atoms with Gasteiger partial charge in [0.2, 0.25) is 5.91 Å². The second-order valence-corrected chi connectivity index (χ2v) is 8.33. The monoisotopic (exact) mass is 493 g/mol. The van der Waals surface area contributed by atoms with E-state index >= 15 is 0 Å².